The molecule has 0 bridgehead atoms. The Bertz CT molecular complexity index is 731. The number of nitrogens with zero attached hydrogens (tertiary/aromatic N) is 4. The zero-order valence-electron chi connectivity index (χ0n) is 12.7. The lowest BCUT2D eigenvalue weighted by Gasteiger charge is -2.39. The van der Waals surface area contributed by atoms with Crippen molar-refractivity contribution in [3.05, 3.63) is 16.0 Å². The predicted octanol–water partition coefficient (Wildman–Crippen LogP) is 2.41. The summed E-state index contributed by atoms with van der Waals surface area (Å²) >= 11 is 2.16. The molecule has 3 rings (SSSR count). The number of carbonyl (C=O) groups excluding carboxylic acids is 1. The molecule has 0 atom stereocenters. The Morgan fingerprint density at radius 1 is 1.45 bits per heavy atom. The summed E-state index contributed by atoms with van der Waals surface area (Å²) in [4.78, 5) is 17.8. The van der Waals surface area contributed by atoms with E-state index in [1.807, 2.05) is 31.5 Å². The van der Waals surface area contributed by atoms with Crippen molar-refractivity contribution in [2.75, 3.05) is 18.8 Å². The van der Waals surface area contributed by atoms with Crippen LogP contribution in [0.3, 0.4) is 0 Å². The van der Waals surface area contributed by atoms with Crippen LogP contribution in [-0.4, -0.2) is 44.4 Å². The van der Waals surface area contributed by atoms with E-state index in [2.05, 4.69) is 32.7 Å². The molecule has 0 radical (unpaired) electrons. The summed E-state index contributed by atoms with van der Waals surface area (Å²) in [6.07, 6.45) is 1.40. The third-order valence-corrected chi connectivity index (χ3v) is 4.22. The molecule has 1 aliphatic heterocycles. The SMILES string of the molecule is CC(C)(C)OC(=O)N1CC(n2nc(I)c3c(N)nccc32)C1. The van der Waals surface area contributed by atoms with E-state index in [0.717, 1.165) is 14.6 Å². The maximum Gasteiger partial charge on any atom is 0.410 e. The van der Waals surface area contributed by atoms with E-state index in [-0.39, 0.29) is 12.1 Å². The molecule has 8 heteroatoms. The average molecular weight is 415 g/mol. The normalized spacial score (nSPS) is 15.9. The Morgan fingerprint density at radius 2 is 2.14 bits per heavy atom. The number of halogens is 1. The van der Waals surface area contributed by atoms with Gasteiger partial charge in [-0.05, 0) is 49.4 Å². The van der Waals surface area contributed by atoms with Gasteiger partial charge in [0.15, 0.2) is 0 Å². The van der Waals surface area contributed by atoms with Gasteiger partial charge in [0.2, 0.25) is 0 Å². The molecule has 0 aromatic carbocycles. The van der Waals surface area contributed by atoms with Crippen LogP contribution in [0.25, 0.3) is 10.9 Å². The number of nitrogens with two attached hydrogens (primary N) is 1. The molecule has 118 valence electrons. The highest BCUT2D eigenvalue weighted by Crippen LogP contribution is 2.30. The van der Waals surface area contributed by atoms with Gasteiger partial charge in [-0.3, -0.25) is 4.68 Å². The molecule has 1 aliphatic rings. The third-order valence-electron chi connectivity index (χ3n) is 3.47. The number of anilines is 1. The summed E-state index contributed by atoms with van der Waals surface area (Å²) < 4.78 is 8.12. The first-order valence-corrected chi connectivity index (χ1v) is 8.10. The second kappa shape index (κ2) is 5.25. The topological polar surface area (TPSA) is 86.3 Å². The zero-order valence-corrected chi connectivity index (χ0v) is 14.9. The van der Waals surface area contributed by atoms with E-state index >= 15 is 0 Å². The number of carbonyl (C=O) groups is 1. The summed E-state index contributed by atoms with van der Waals surface area (Å²) in [5.41, 5.74) is 6.39. The number of likely N-dealkylation sites (tertiary alicyclic amines) is 1. The minimum absolute atomic E-state index is 0.139. The molecule has 0 spiro atoms. The second-order valence-electron chi connectivity index (χ2n) is 6.36. The maximum atomic E-state index is 12.0. The molecule has 22 heavy (non-hydrogen) atoms. The Kier molecular flexibility index (Phi) is 3.66. The Balaban J connectivity index is 1.76. The van der Waals surface area contributed by atoms with E-state index in [1.54, 1.807) is 11.1 Å². The summed E-state index contributed by atoms with van der Waals surface area (Å²) in [5.74, 6) is 0.483. The summed E-state index contributed by atoms with van der Waals surface area (Å²) in [6.45, 7) is 6.76. The lowest BCUT2D eigenvalue weighted by atomic mass is 10.1. The molecule has 1 fully saturated rings. The number of amides is 1. The Labute approximate surface area is 141 Å². The molecular formula is C14H18IN5O2. The highest BCUT2D eigenvalue weighted by atomic mass is 127. The van der Waals surface area contributed by atoms with Gasteiger partial charge in [0, 0.05) is 19.3 Å². The highest BCUT2D eigenvalue weighted by Gasteiger charge is 2.36. The number of hydrogen-bond donors (Lipinski definition) is 1. The molecule has 1 saturated heterocycles. The molecule has 2 aromatic heterocycles. The molecule has 2 aromatic rings. The number of fused-ring (bicyclic) bond motifs is 1. The van der Waals surface area contributed by atoms with Crippen LogP contribution >= 0.6 is 22.6 Å². The van der Waals surface area contributed by atoms with E-state index < -0.39 is 5.60 Å². The van der Waals surface area contributed by atoms with Crippen LogP contribution in [-0.2, 0) is 4.74 Å². The third kappa shape index (κ3) is 2.71. The minimum Gasteiger partial charge on any atom is -0.444 e. The van der Waals surface area contributed by atoms with Gasteiger partial charge in [0.1, 0.15) is 15.1 Å². The van der Waals surface area contributed by atoms with Crippen LogP contribution in [0.4, 0.5) is 10.6 Å². The van der Waals surface area contributed by atoms with Gasteiger partial charge in [-0.2, -0.15) is 5.10 Å². The van der Waals surface area contributed by atoms with Crippen molar-refractivity contribution >= 4 is 45.4 Å². The van der Waals surface area contributed by atoms with Gasteiger partial charge >= 0.3 is 6.09 Å². The largest absolute Gasteiger partial charge is 0.444 e. The van der Waals surface area contributed by atoms with Crippen molar-refractivity contribution in [3.8, 4) is 0 Å². The molecule has 1 amide bonds. The predicted molar refractivity (Wildman–Crippen MR) is 91.5 cm³/mol. The quantitative estimate of drug-likeness (QED) is 0.724. The molecule has 2 N–H and O–H groups in total. The van der Waals surface area contributed by atoms with Gasteiger partial charge in [0.05, 0.1) is 16.9 Å². The van der Waals surface area contributed by atoms with Crippen LogP contribution in [0.5, 0.6) is 0 Å². The lowest BCUT2D eigenvalue weighted by Crippen LogP contribution is -2.52. The summed E-state index contributed by atoms with van der Waals surface area (Å²) in [7, 11) is 0. The second-order valence-corrected chi connectivity index (χ2v) is 7.39. The van der Waals surface area contributed by atoms with Crippen molar-refractivity contribution in [1.29, 1.82) is 0 Å². The first-order valence-electron chi connectivity index (χ1n) is 7.02. The van der Waals surface area contributed by atoms with E-state index in [9.17, 15) is 4.79 Å². The fourth-order valence-electron chi connectivity index (χ4n) is 2.43. The van der Waals surface area contributed by atoms with Crippen LogP contribution < -0.4 is 5.73 Å². The number of rotatable bonds is 1. The maximum absolute atomic E-state index is 12.0. The molecule has 0 saturated carbocycles. The average Bonchev–Trinajstić information content (AvgIpc) is 2.64. The number of aromatic nitrogens is 3. The zero-order chi connectivity index (χ0) is 16.1. The van der Waals surface area contributed by atoms with Crippen LogP contribution in [0.2, 0.25) is 0 Å². The molecule has 0 aliphatic carbocycles. The van der Waals surface area contributed by atoms with Crippen LogP contribution in [0.1, 0.15) is 26.8 Å². The van der Waals surface area contributed by atoms with E-state index in [4.69, 9.17) is 10.5 Å². The summed E-state index contributed by atoms with van der Waals surface area (Å²) in [5, 5.41) is 5.42. The van der Waals surface area contributed by atoms with Gasteiger partial charge in [-0.25, -0.2) is 9.78 Å². The van der Waals surface area contributed by atoms with Crippen molar-refractivity contribution in [3.63, 3.8) is 0 Å². The van der Waals surface area contributed by atoms with Gasteiger partial charge in [-0.15, -0.1) is 0 Å². The van der Waals surface area contributed by atoms with E-state index in [1.165, 1.54) is 0 Å². The van der Waals surface area contributed by atoms with Crippen molar-refractivity contribution in [2.24, 2.45) is 0 Å². The fourth-order valence-corrected chi connectivity index (χ4v) is 3.22. The Morgan fingerprint density at radius 3 is 2.77 bits per heavy atom. The number of hydrogen-bond acceptors (Lipinski definition) is 5. The highest BCUT2D eigenvalue weighted by molar-refractivity contribution is 14.1. The van der Waals surface area contributed by atoms with Crippen molar-refractivity contribution in [2.45, 2.75) is 32.4 Å². The standard InChI is InChI=1S/C14H18IN5O2/c1-14(2,3)22-13(21)19-6-8(7-19)20-9-4-5-17-12(16)10(9)11(15)18-20/h4-5,8H,6-7H2,1-3H3,(H2,16,17). The summed E-state index contributed by atoms with van der Waals surface area (Å²) in [6, 6.07) is 2.04. The monoisotopic (exact) mass is 415 g/mol. The molecular weight excluding hydrogens is 397 g/mol. The first kappa shape index (κ1) is 15.3. The molecule has 7 nitrogen and oxygen atoms in total. The first-order chi connectivity index (χ1) is 10.3. The number of nitrogen functional groups attached to an aromatic ring is 1. The number of pyridine rings is 1. The van der Waals surface area contributed by atoms with Gasteiger partial charge < -0.3 is 15.4 Å². The molecule has 0 unspecified atom stereocenters. The minimum atomic E-state index is -0.476. The lowest BCUT2D eigenvalue weighted by molar-refractivity contribution is 0.000118. The van der Waals surface area contributed by atoms with Crippen LogP contribution in [0, 0.1) is 3.70 Å². The van der Waals surface area contributed by atoms with Gasteiger partial charge in [-0.1, -0.05) is 0 Å². The number of ether oxygens (including phenoxy) is 1. The van der Waals surface area contributed by atoms with Crippen molar-refractivity contribution in [1.82, 2.24) is 19.7 Å². The van der Waals surface area contributed by atoms with Crippen LogP contribution in [0.15, 0.2) is 12.3 Å². The fraction of sp³-hybridized carbons (Fsp3) is 0.500. The smallest absolute Gasteiger partial charge is 0.410 e. The molecule has 3 heterocycles. The Hall–Kier alpha value is -1.58. The van der Waals surface area contributed by atoms with E-state index in [0.29, 0.717) is 18.9 Å². The van der Waals surface area contributed by atoms with Gasteiger partial charge in [0.25, 0.3) is 0 Å². The van der Waals surface area contributed by atoms with Crippen molar-refractivity contribution < 1.29 is 9.53 Å².